The maximum Gasteiger partial charge on any atom is 0.238 e. The number of hydrogen-bond acceptors (Lipinski definition) is 3. The Bertz CT molecular complexity index is 253. The summed E-state index contributed by atoms with van der Waals surface area (Å²) in [6.45, 7) is 5.87. The van der Waals surface area contributed by atoms with Gasteiger partial charge in [-0.25, -0.2) is 0 Å². The second-order valence-corrected chi connectivity index (χ2v) is 6.68. The second-order valence-electron chi connectivity index (χ2n) is 5.03. The van der Waals surface area contributed by atoms with Crippen molar-refractivity contribution >= 4 is 17.7 Å². The van der Waals surface area contributed by atoms with E-state index in [1.807, 2.05) is 11.8 Å². The van der Waals surface area contributed by atoms with Crippen LogP contribution in [-0.2, 0) is 4.79 Å². The molecule has 0 unspecified atom stereocenters. The van der Waals surface area contributed by atoms with Crippen molar-refractivity contribution in [3.05, 3.63) is 0 Å². The van der Waals surface area contributed by atoms with E-state index in [0.717, 1.165) is 44.8 Å². The number of nitrogens with zero attached hydrogens (tertiary/aromatic N) is 1. The summed E-state index contributed by atoms with van der Waals surface area (Å²) in [7, 11) is 0. The molecule has 1 aliphatic heterocycles. The Balaban J connectivity index is 2.05. The Kier molecular flexibility index (Phi) is 4.74. The number of piperazine rings is 1. The van der Waals surface area contributed by atoms with Crippen LogP contribution in [0.3, 0.4) is 0 Å². The highest BCUT2D eigenvalue weighted by Gasteiger charge is 2.42. The Morgan fingerprint density at radius 3 is 2.47 bits per heavy atom. The summed E-state index contributed by atoms with van der Waals surface area (Å²) in [5.41, 5.74) is 0. The van der Waals surface area contributed by atoms with Crippen LogP contribution in [0.1, 0.15) is 39.0 Å². The maximum absolute atomic E-state index is 12.7. The lowest BCUT2D eigenvalue weighted by Gasteiger charge is -2.40. The predicted octanol–water partition coefficient (Wildman–Crippen LogP) is 1.87. The van der Waals surface area contributed by atoms with Gasteiger partial charge in [0.2, 0.25) is 5.91 Å². The van der Waals surface area contributed by atoms with Crippen LogP contribution in [0.15, 0.2) is 0 Å². The minimum absolute atomic E-state index is 0.0790. The monoisotopic (exact) mass is 256 g/mol. The molecule has 0 atom stereocenters. The van der Waals surface area contributed by atoms with Crippen LogP contribution in [0.25, 0.3) is 0 Å². The molecule has 17 heavy (non-hydrogen) atoms. The number of amides is 1. The summed E-state index contributed by atoms with van der Waals surface area (Å²) >= 11 is 1.89. The minimum atomic E-state index is -0.0790. The van der Waals surface area contributed by atoms with E-state index in [4.69, 9.17) is 0 Å². The molecular weight excluding hydrogens is 232 g/mol. The lowest BCUT2D eigenvalue weighted by molar-refractivity contribution is -0.135. The van der Waals surface area contributed by atoms with Crippen LogP contribution < -0.4 is 5.32 Å². The van der Waals surface area contributed by atoms with Crippen molar-refractivity contribution in [2.75, 3.05) is 31.9 Å². The van der Waals surface area contributed by atoms with E-state index in [2.05, 4.69) is 17.1 Å². The second kappa shape index (κ2) is 6.10. The molecule has 0 bridgehead atoms. The molecule has 1 aliphatic carbocycles. The summed E-state index contributed by atoms with van der Waals surface area (Å²) < 4.78 is -0.0790. The van der Waals surface area contributed by atoms with Gasteiger partial charge in [0.25, 0.3) is 0 Å². The summed E-state index contributed by atoms with van der Waals surface area (Å²) in [6.07, 6.45) is 5.94. The van der Waals surface area contributed by atoms with E-state index in [1.165, 1.54) is 19.3 Å². The third-order valence-corrected chi connectivity index (χ3v) is 5.30. The Morgan fingerprint density at radius 2 is 1.88 bits per heavy atom. The maximum atomic E-state index is 12.7. The third kappa shape index (κ3) is 2.97. The van der Waals surface area contributed by atoms with Crippen molar-refractivity contribution in [3.63, 3.8) is 0 Å². The fourth-order valence-corrected chi connectivity index (χ4v) is 4.36. The first-order chi connectivity index (χ1) is 8.28. The summed E-state index contributed by atoms with van der Waals surface area (Å²) in [6, 6.07) is 0. The van der Waals surface area contributed by atoms with Crippen molar-refractivity contribution < 1.29 is 4.79 Å². The molecule has 0 aromatic carbocycles. The quantitative estimate of drug-likeness (QED) is 0.837. The molecule has 1 saturated heterocycles. The van der Waals surface area contributed by atoms with Gasteiger partial charge in [-0.2, -0.15) is 0 Å². The van der Waals surface area contributed by atoms with E-state index >= 15 is 0 Å². The molecular formula is C13H24N2OS. The third-order valence-electron chi connectivity index (χ3n) is 3.88. The lowest BCUT2D eigenvalue weighted by atomic mass is 9.87. The average molecular weight is 256 g/mol. The van der Waals surface area contributed by atoms with Crippen LogP contribution in [0.2, 0.25) is 0 Å². The Labute approximate surface area is 109 Å². The first-order valence-corrected chi connectivity index (χ1v) is 7.91. The minimum Gasteiger partial charge on any atom is -0.339 e. The van der Waals surface area contributed by atoms with Gasteiger partial charge < -0.3 is 10.2 Å². The van der Waals surface area contributed by atoms with Gasteiger partial charge in [0, 0.05) is 26.2 Å². The highest BCUT2D eigenvalue weighted by molar-refractivity contribution is 8.01. The van der Waals surface area contributed by atoms with E-state index in [1.54, 1.807) is 0 Å². The van der Waals surface area contributed by atoms with Crippen molar-refractivity contribution in [1.29, 1.82) is 0 Å². The molecule has 2 fully saturated rings. The standard InChI is InChI=1S/C13H24N2OS/c1-2-17-13(6-4-3-5-7-13)12(16)15-10-8-14-9-11-15/h14H,2-11H2,1H3. The van der Waals surface area contributed by atoms with Crippen molar-refractivity contribution in [2.24, 2.45) is 0 Å². The normalized spacial score (nSPS) is 24.6. The molecule has 1 saturated carbocycles. The fourth-order valence-electron chi connectivity index (χ4n) is 2.98. The van der Waals surface area contributed by atoms with Gasteiger partial charge in [-0.1, -0.05) is 26.2 Å². The number of carbonyl (C=O) groups is 1. The zero-order valence-corrected chi connectivity index (χ0v) is 11.7. The van der Waals surface area contributed by atoms with Crippen molar-refractivity contribution in [3.8, 4) is 0 Å². The molecule has 0 radical (unpaired) electrons. The Morgan fingerprint density at radius 1 is 1.24 bits per heavy atom. The molecule has 1 heterocycles. The smallest absolute Gasteiger partial charge is 0.238 e. The number of nitrogens with one attached hydrogen (secondary N) is 1. The van der Waals surface area contributed by atoms with Gasteiger partial charge >= 0.3 is 0 Å². The van der Waals surface area contributed by atoms with Gasteiger partial charge in [0.15, 0.2) is 0 Å². The largest absolute Gasteiger partial charge is 0.339 e. The molecule has 4 heteroatoms. The first kappa shape index (κ1) is 13.2. The topological polar surface area (TPSA) is 32.3 Å². The molecule has 0 aromatic rings. The Hall–Kier alpha value is -0.220. The van der Waals surface area contributed by atoms with Crippen molar-refractivity contribution in [2.45, 2.75) is 43.8 Å². The van der Waals surface area contributed by atoms with E-state index in [-0.39, 0.29) is 4.75 Å². The molecule has 98 valence electrons. The molecule has 3 nitrogen and oxygen atoms in total. The number of rotatable bonds is 3. The van der Waals surface area contributed by atoms with Crippen LogP contribution in [0.5, 0.6) is 0 Å². The summed E-state index contributed by atoms with van der Waals surface area (Å²) in [5.74, 6) is 1.48. The molecule has 2 aliphatic rings. The molecule has 0 aromatic heterocycles. The predicted molar refractivity (Wildman–Crippen MR) is 73.4 cm³/mol. The highest BCUT2D eigenvalue weighted by atomic mass is 32.2. The first-order valence-electron chi connectivity index (χ1n) is 6.92. The molecule has 2 rings (SSSR count). The molecule has 0 spiro atoms. The lowest BCUT2D eigenvalue weighted by Crippen LogP contribution is -2.54. The SMILES string of the molecule is CCSC1(C(=O)N2CCNCC2)CCCCC1. The van der Waals surface area contributed by atoms with Crippen LogP contribution in [0, 0.1) is 0 Å². The van der Waals surface area contributed by atoms with Crippen LogP contribution >= 0.6 is 11.8 Å². The van der Waals surface area contributed by atoms with Gasteiger partial charge in [0.05, 0.1) is 4.75 Å². The number of thioether (sulfide) groups is 1. The van der Waals surface area contributed by atoms with Gasteiger partial charge in [-0.15, -0.1) is 11.8 Å². The molecule has 1 N–H and O–H groups in total. The van der Waals surface area contributed by atoms with Crippen molar-refractivity contribution in [1.82, 2.24) is 10.2 Å². The fraction of sp³-hybridized carbons (Fsp3) is 0.923. The van der Waals surface area contributed by atoms with Crippen LogP contribution in [0.4, 0.5) is 0 Å². The zero-order valence-electron chi connectivity index (χ0n) is 10.8. The van der Waals surface area contributed by atoms with Gasteiger partial charge in [0.1, 0.15) is 0 Å². The van der Waals surface area contributed by atoms with Gasteiger partial charge in [-0.3, -0.25) is 4.79 Å². The van der Waals surface area contributed by atoms with E-state index < -0.39 is 0 Å². The highest BCUT2D eigenvalue weighted by Crippen LogP contribution is 2.41. The number of hydrogen-bond donors (Lipinski definition) is 1. The summed E-state index contributed by atoms with van der Waals surface area (Å²) in [5, 5.41) is 3.32. The van der Waals surface area contributed by atoms with E-state index in [9.17, 15) is 4.79 Å². The zero-order chi connectivity index (χ0) is 12.1. The average Bonchev–Trinajstić information content (AvgIpc) is 2.40. The number of carbonyl (C=O) groups excluding carboxylic acids is 1. The van der Waals surface area contributed by atoms with Crippen LogP contribution in [-0.4, -0.2) is 47.5 Å². The van der Waals surface area contributed by atoms with E-state index in [0.29, 0.717) is 5.91 Å². The van der Waals surface area contributed by atoms with Gasteiger partial charge in [-0.05, 0) is 18.6 Å². The molecule has 1 amide bonds. The summed E-state index contributed by atoms with van der Waals surface area (Å²) in [4.78, 5) is 14.8.